The third-order valence-corrected chi connectivity index (χ3v) is 9.61. The highest BCUT2D eigenvalue weighted by molar-refractivity contribution is 5.91. The predicted molar refractivity (Wildman–Crippen MR) is 220 cm³/mol. The van der Waals surface area contributed by atoms with Crippen LogP contribution in [-0.4, -0.2) is 99.2 Å². The number of ketones is 1. The van der Waals surface area contributed by atoms with Crippen molar-refractivity contribution in [3.63, 3.8) is 0 Å². The standard InChI is InChI=1S/C44H48N8O5/c1-6-20-51(43(55)42(50(3)4)32-10-8-7-9-11-32)27-39-45-23-37(48-39)31-14-12-30(13-15-31)33-16-17-35-22-36(19-18-34(35)21-33)38-24-46-40(49-38)28-52(26-29(2)53)41(54)25-47-44(56)57-5/h7-19,21-24,42H,6,20,25-28H2,1-5H3,(H,45,48)(H,46,49)(H,47,56). The first-order chi connectivity index (χ1) is 27.5. The van der Waals surface area contributed by atoms with Gasteiger partial charge in [-0.05, 0) is 72.6 Å². The Morgan fingerprint density at radius 1 is 0.807 bits per heavy atom. The number of likely N-dealkylation sites (N-methyl/N-ethyl adjacent to an activating group) is 1. The third kappa shape index (κ3) is 9.99. The first-order valence-electron chi connectivity index (χ1n) is 18.8. The van der Waals surface area contributed by atoms with Crippen molar-refractivity contribution in [1.82, 2.24) is 40.0 Å². The number of nitrogens with zero attached hydrogens (tertiary/aromatic N) is 5. The second-order valence-corrected chi connectivity index (χ2v) is 14.2. The number of ether oxygens (including phenoxy) is 1. The minimum atomic E-state index is -0.730. The number of methoxy groups -OCH3 is 1. The van der Waals surface area contributed by atoms with Crippen LogP contribution in [0.5, 0.6) is 0 Å². The van der Waals surface area contributed by atoms with E-state index in [1.165, 1.54) is 18.9 Å². The molecule has 2 heterocycles. The summed E-state index contributed by atoms with van der Waals surface area (Å²) >= 11 is 0. The first-order valence-corrected chi connectivity index (χ1v) is 18.8. The molecule has 0 fully saturated rings. The van der Waals surface area contributed by atoms with Gasteiger partial charge in [0.1, 0.15) is 30.0 Å². The summed E-state index contributed by atoms with van der Waals surface area (Å²) in [7, 11) is 5.07. The number of aromatic amines is 2. The molecule has 294 valence electrons. The predicted octanol–water partition coefficient (Wildman–Crippen LogP) is 6.60. The highest BCUT2D eigenvalue weighted by atomic mass is 16.5. The molecule has 0 spiro atoms. The van der Waals surface area contributed by atoms with Crippen LogP contribution in [0.15, 0.2) is 103 Å². The lowest BCUT2D eigenvalue weighted by molar-refractivity contribution is -0.137. The van der Waals surface area contributed by atoms with Gasteiger partial charge in [0.2, 0.25) is 11.8 Å². The summed E-state index contributed by atoms with van der Waals surface area (Å²) in [5, 5.41) is 4.47. The molecule has 1 unspecified atom stereocenters. The molecule has 57 heavy (non-hydrogen) atoms. The molecule has 0 bridgehead atoms. The number of H-pyrrole nitrogens is 2. The summed E-state index contributed by atoms with van der Waals surface area (Å²) in [6, 6.07) is 30.3. The van der Waals surface area contributed by atoms with Crippen LogP contribution in [-0.2, 0) is 32.2 Å². The Bertz CT molecular complexity index is 2330. The number of carbonyl (C=O) groups excluding carboxylic acids is 4. The number of imidazole rings is 2. The molecule has 0 aliphatic rings. The van der Waals surface area contributed by atoms with Crippen molar-refractivity contribution in [2.24, 2.45) is 0 Å². The van der Waals surface area contributed by atoms with Crippen molar-refractivity contribution in [3.8, 4) is 33.6 Å². The van der Waals surface area contributed by atoms with E-state index in [0.717, 1.165) is 56.5 Å². The van der Waals surface area contributed by atoms with E-state index in [1.807, 2.05) is 66.5 Å². The summed E-state index contributed by atoms with van der Waals surface area (Å²) in [6.45, 7) is 4.15. The lowest BCUT2D eigenvalue weighted by atomic mass is 9.98. The van der Waals surface area contributed by atoms with Crippen LogP contribution in [0.3, 0.4) is 0 Å². The number of fused-ring (bicyclic) bond motifs is 1. The molecule has 3 N–H and O–H groups in total. The van der Waals surface area contributed by atoms with Crippen LogP contribution in [0.4, 0.5) is 4.79 Å². The van der Waals surface area contributed by atoms with E-state index in [-0.39, 0.29) is 37.4 Å². The third-order valence-electron chi connectivity index (χ3n) is 9.61. The fraction of sp³-hybridized carbons (Fsp3) is 0.273. The van der Waals surface area contributed by atoms with Crippen molar-refractivity contribution in [2.45, 2.75) is 39.4 Å². The van der Waals surface area contributed by atoms with Crippen molar-refractivity contribution < 1.29 is 23.9 Å². The second-order valence-electron chi connectivity index (χ2n) is 14.2. The number of amides is 3. The van der Waals surface area contributed by atoms with Crippen LogP contribution in [0.1, 0.15) is 43.5 Å². The van der Waals surface area contributed by atoms with Crippen molar-refractivity contribution in [3.05, 3.63) is 121 Å². The lowest BCUT2D eigenvalue weighted by Crippen LogP contribution is -2.42. The molecule has 0 aliphatic heterocycles. The number of alkyl carbamates (subject to hydrolysis) is 1. The largest absolute Gasteiger partial charge is 0.453 e. The van der Waals surface area contributed by atoms with Gasteiger partial charge in [-0.3, -0.25) is 19.3 Å². The Morgan fingerprint density at radius 3 is 2.12 bits per heavy atom. The minimum absolute atomic E-state index is 0.0458. The second kappa shape index (κ2) is 18.4. The van der Waals surface area contributed by atoms with Crippen molar-refractivity contribution in [2.75, 3.05) is 40.8 Å². The number of rotatable bonds is 16. The number of carbonyl (C=O) groups is 4. The van der Waals surface area contributed by atoms with Crippen LogP contribution in [0.25, 0.3) is 44.4 Å². The molecule has 13 heteroatoms. The van der Waals surface area contributed by atoms with Gasteiger partial charge in [0.25, 0.3) is 0 Å². The normalized spacial score (nSPS) is 11.7. The smallest absolute Gasteiger partial charge is 0.407 e. The van der Waals surface area contributed by atoms with E-state index < -0.39 is 12.0 Å². The maximum atomic E-state index is 13.8. The SMILES string of the molecule is CCCN(Cc1ncc(-c2ccc(-c3ccc4cc(-c5c[nH]c(CN(CC(C)=O)C(=O)CNC(=O)OC)n5)ccc4c3)cc2)[nH]1)C(=O)C(c1ccccc1)N(C)C. The molecular formula is C44H48N8O5. The van der Waals surface area contributed by atoms with Crippen LogP contribution in [0.2, 0.25) is 0 Å². The van der Waals surface area contributed by atoms with E-state index in [1.54, 1.807) is 6.20 Å². The average molecular weight is 769 g/mol. The molecule has 0 aliphatic carbocycles. The number of aromatic nitrogens is 4. The van der Waals surface area contributed by atoms with E-state index in [9.17, 15) is 19.2 Å². The molecule has 0 radical (unpaired) electrons. The van der Waals surface area contributed by atoms with Gasteiger partial charge in [0, 0.05) is 18.3 Å². The zero-order valence-corrected chi connectivity index (χ0v) is 32.9. The summed E-state index contributed by atoms with van der Waals surface area (Å²) in [6.07, 6.45) is 3.70. The van der Waals surface area contributed by atoms with Gasteiger partial charge in [-0.15, -0.1) is 0 Å². The molecule has 1 atom stereocenters. The van der Waals surface area contributed by atoms with Crippen molar-refractivity contribution in [1.29, 1.82) is 0 Å². The van der Waals surface area contributed by atoms with E-state index in [0.29, 0.717) is 24.6 Å². The molecule has 6 rings (SSSR count). The Labute approximate surface area is 332 Å². The fourth-order valence-electron chi connectivity index (χ4n) is 6.81. The molecule has 13 nitrogen and oxygen atoms in total. The Balaban J connectivity index is 1.12. The Morgan fingerprint density at radius 2 is 1.46 bits per heavy atom. The topological polar surface area (TPSA) is 157 Å². The number of benzene rings is 4. The number of Topliss-reactive ketones (excluding diaryl/α,β-unsaturated/α-hetero) is 1. The Kier molecular flexibility index (Phi) is 12.9. The monoisotopic (exact) mass is 768 g/mol. The van der Waals surface area contributed by atoms with Gasteiger partial charge in [0.15, 0.2) is 0 Å². The van der Waals surface area contributed by atoms with Crippen LogP contribution < -0.4 is 5.32 Å². The van der Waals surface area contributed by atoms with Gasteiger partial charge < -0.3 is 29.8 Å². The molecule has 3 amide bonds. The molecule has 2 aromatic heterocycles. The zero-order chi connectivity index (χ0) is 40.5. The summed E-state index contributed by atoms with van der Waals surface area (Å²) in [5.41, 5.74) is 6.59. The highest BCUT2D eigenvalue weighted by Crippen LogP contribution is 2.30. The fourth-order valence-corrected chi connectivity index (χ4v) is 6.81. The van der Waals surface area contributed by atoms with Crippen molar-refractivity contribution >= 4 is 34.5 Å². The molecule has 6 aromatic rings. The summed E-state index contributed by atoms with van der Waals surface area (Å²) < 4.78 is 4.53. The number of hydrogen-bond donors (Lipinski definition) is 3. The average Bonchev–Trinajstić information content (AvgIpc) is 3.89. The quantitative estimate of drug-likeness (QED) is 0.0995. The van der Waals surface area contributed by atoms with Gasteiger partial charge in [-0.2, -0.15) is 0 Å². The van der Waals surface area contributed by atoms with E-state index in [2.05, 4.69) is 91.5 Å². The maximum Gasteiger partial charge on any atom is 0.407 e. The highest BCUT2D eigenvalue weighted by Gasteiger charge is 2.28. The van der Waals surface area contributed by atoms with Crippen LogP contribution in [0, 0.1) is 0 Å². The molecular weight excluding hydrogens is 721 g/mol. The summed E-state index contributed by atoms with van der Waals surface area (Å²) in [5.74, 6) is 0.661. The number of hydrogen-bond acceptors (Lipinski definition) is 8. The first kappa shape index (κ1) is 40.1. The lowest BCUT2D eigenvalue weighted by Gasteiger charge is -2.30. The summed E-state index contributed by atoms with van der Waals surface area (Å²) in [4.78, 5) is 70.9. The number of nitrogens with one attached hydrogen (secondary N) is 3. The van der Waals surface area contributed by atoms with Crippen LogP contribution >= 0.6 is 0 Å². The van der Waals surface area contributed by atoms with E-state index >= 15 is 0 Å². The Hall–Kier alpha value is -6.60. The zero-order valence-electron chi connectivity index (χ0n) is 32.9. The molecule has 0 saturated heterocycles. The van der Waals surface area contributed by atoms with Gasteiger partial charge in [0.05, 0.1) is 44.3 Å². The molecule has 4 aromatic carbocycles. The van der Waals surface area contributed by atoms with Gasteiger partial charge >= 0.3 is 6.09 Å². The van der Waals surface area contributed by atoms with E-state index in [4.69, 9.17) is 0 Å². The minimum Gasteiger partial charge on any atom is -0.453 e. The molecule has 0 saturated carbocycles. The maximum absolute atomic E-state index is 13.8. The van der Waals surface area contributed by atoms with Gasteiger partial charge in [-0.25, -0.2) is 14.8 Å². The van der Waals surface area contributed by atoms with Gasteiger partial charge in [-0.1, -0.05) is 85.8 Å².